The lowest BCUT2D eigenvalue weighted by atomic mass is 10.2. The first-order valence-corrected chi connectivity index (χ1v) is 9.85. The summed E-state index contributed by atoms with van der Waals surface area (Å²) in [7, 11) is 0. The second-order valence-electron chi connectivity index (χ2n) is 5.86. The maximum atomic E-state index is 6.01. The molecule has 0 unspecified atom stereocenters. The topological polar surface area (TPSA) is 70.8 Å². The fourth-order valence-electron chi connectivity index (χ4n) is 2.75. The summed E-state index contributed by atoms with van der Waals surface area (Å²) in [6, 6.07) is 15.2. The van der Waals surface area contributed by atoms with Gasteiger partial charge in [-0.1, -0.05) is 39.4 Å². The Kier molecular flexibility index (Phi) is 4.17. The minimum atomic E-state index is -0.364. The van der Waals surface area contributed by atoms with Crippen LogP contribution in [0.15, 0.2) is 53.0 Å². The summed E-state index contributed by atoms with van der Waals surface area (Å²) < 4.78 is 20.3. The second-order valence-corrected chi connectivity index (χ2v) is 7.81. The molecular weight excluding hydrogens is 432 g/mol. The van der Waals surface area contributed by atoms with E-state index in [2.05, 4.69) is 31.2 Å². The van der Waals surface area contributed by atoms with Crippen LogP contribution >= 0.6 is 27.3 Å². The molecule has 7 nitrogen and oxygen atoms in total. The van der Waals surface area contributed by atoms with E-state index in [9.17, 15) is 0 Å². The van der Waals surface area contributed by atoms with Crippen LogP contribution in [-0.2, 0) is 6.61 Å². The second kappa shape index (κ2) is 6.82. The third kappa shape index (κ3) is 3.24. The molecule has 27 heavy (non-hydrogen) atoms. The molecule has 5 rings (SSSR count). The zero-order valence-corrected chi connectivity index (χ0v) is 16.3. The van der Waals surface area contributed by atoms with Gasteiger partial charge in [0.25, 0.3) is 0 Å². The van der Waals surface area contributed by atoms with Crippen LogP contribution in [0.4, 0.5) is 0 Å². The number of nitrogens with zero attached hydrogens (tertiary/aromatic N) is 4. The van der Waals surface area contributed by atoms with Crippen molar-refractivity contribution in [2.75, 3.05) is 6.61 Å². The number of halogens is 1. The van der Waals surface area contributed by atoms with Crippen LogP contribution in [0.5, 0.6) is 17.2 Å². The molecule has 3 heterocycles. The van der Waals surface area contributed by atoms with Crippen LogP contribution in [0.2, 0.25) is 0 Å². The Morgan fingerprint density at radius 3 is 2.78 bits per heavy atom. The van der Waals surface area contributed by atoms with Crippen molar-refractivity contribution in [2.24, 2.45) is 0 Å². The van der Waals surface area contributed by atoms with Crippen molar-refractivity contribution in [3.05, 3.63) is 63.8 Å². The van der Waals surface area contributed by atoms with Crippen LogP contribution in [0.1, 0.15) is 16.9 Å². The number of aromatic nitrogens is 4. The number of hydrogen-bond donors (Lipinski definition) is 0. The normalized spacial score (nSPS) is 15.8. The van der Waals surface area contributed by atoms with E-state index in [0.29, 0.717) is 29.7 Å². The third-order valence-corrected chi connectivity index (χ3v) is 5.43. The summed E-state index contributed by atoms with van der Waals surface area (Å²) in [5.41, 5.74) is 0. The number of fused-ring (bicyclic) bond motifs is 2. The SMILES string of the molecule is Brc1ccc(OCc2nn3c([C@@H]4COc5ccccc5O4)nnc3s2)cc1. The minimum Gasteiger partial charge on any atom is -0.486 e. The Morgan fingerprint density at radius 1 is 1.11 bits per heavy atom. The van der Waals surface area contributed by atoms with Crippen molar-refractivity contribution in [1.29, 1.82) is 0 Å². The Morgan fingerprint density at radius 2 is 1.93 bits per heavy atom. The van der Waals surface area contributed by atoms with Crippen molar-refractivity contribution in [3.63, 3.8) is 0 Å². The van der Waals surface area contributed by atoms with Crippen LogP contribution in [-0.4, -0.2) is 26.4 Å². The maximum absolute atomic E-state index is 6.01. The highest BCUT2D eigenvalue weighted by Crippen LogP contribution is 2.35. The highest BCUT2D eigenvalue weighted by atomic mass is 79.9. The van der Waals surface area contributed by atoms with Crippen molar-refractivity contribution in [2.45, 2.75) is 12.7 Å². The zero-order chi connectivity index (χ0) is 18.2. The van der Waals surface area contributed by atoms with Crippen molar-refractivity contribution in [3.8, 4) is 17.2 Å². The van der Waals surface area contributed by atoms with E-state index in [0.717, 1.165) is 21.0 Å². The zero-order valence-electron chi connectivity index (χ0n) is 13.9. The molecule has 2 aromatic heterocycles. The van der Waals surface area contributed by atoms with Gasteiger partial charge in [0.2, 0.25) is 4.96 Å². The molecular formula is C18H13BrN4O3S. The summed E-state index contributed by atoms with van der Waals surface area (Å²) in [6.07, 6.45) is -0.364. The molecule has 0 fully saturated rings. The van der Waals surface area contributed by atoms with E-state index in [1.165, 1.54) is 11.3 Å². The van der Waals surface area contributed by atoms with Gasteiger partial charge < -0.3 is 14.2 Å². The van der Waals surface area contributed by atoms with Gasteiger partial charge in [0, 0.05) is 4.47 Å². The first-order chi connectivity index (χ1) is 13.3. The highest BCUT2D eigenvalue weighted by molar-refractivity contribution is 9.10. The molecule has 0 saturated carbocycles. The standard InChI is InChI=1S/C18H13BrN4O3S/c19-11-5-7-12(8-6-11)24-10-16-22-23-17(20-21-18(23)27-16)15-9-25-13-3-1-2-4-14(13)26-15/h1-8,15H,9-10H2/t15-/m0/s1. The van der Waals surface area contributed by atoms with E-state index in [1.807, 2.05) is 48.5 Å². The van der Waals surface area contributed by atoms with E-state index >= 15 is 0 Å². The van der Waals surface area contributed by atoms with Crippen molar-refractivity contribution < 1.29 is 14.2 Å². The molecule has 0 aliphatic carbocycles. The molecule has 136 valence electrons. The molecule has 2 aromatic carbocycles. The van der Waals surface area contributed by atoms with Gasteiger partial charge in [0.15, 0.2) is 28.4 Å². The van der Waals surface area contributed by atoms with Gasteiger partial charge in [0.1, 0.15) is 19.0 Å². The summed E-state index contributed by atoms with van der Waals surface area (Å²) in [5.74, 6) is 2.83. The van der Waals surface area contributed by atoms with Gasteiger partial charge in [-0.05, 0) is 36.4 Å². The van der Waals surface area contributed by atoms with Gasteiger partial charge in [0.05, 0.1) is 0 Å². The lowest BCUT2D eigenvalue weighted by molar-refractivity contribution is 0.0835. The Balaban J connectivity index is 1.35. The van der Waals surface area contributed by atoms with Crippen LogP contribution in [0.25, 0.3) is 4.96 Å². The predicted molar refractivity (Wildman–Crippen MR) is 102 cm³/mol. The summed E-state index contributed by atoms with van der Waals surface area (Å²) >= 11 is 4.85. The predicted octanol–water partition coefficient (Wildman–Crippen LogP) is 4.04. The van der Waals surface area contributed by atoms with Gasteiger partial charge in [-0.25, -0.2) is 0 Å². The third-order valence-electron chi connectivity index (χ3n) is 4.03. The van der Waals surface area contributed by atoms with Gasteiger partial charge in [-0.2, -0.15) is 9.61 Å². The monoisotopic (exact) mass is 444 g/mol. The smallest absolute Gasteiger partial charge is 0.234 e. The quantitative estimate of drug-likeness (QED) is 0.472. The summed E-state index contributed by atoms with van der Waals surface area (Å²) in [5, 5.41) is 13.8. The van der Waals surface area contributed by atoms with Gasteiger partial charge in [-0.15, -0.1) is 10.2 Å². The lowest BCUT2D eigenvalue weighted by Crippen LogP contribution is -2.23. The van der Waals surface area contributed by atoms with E-state index in [4.69, 9.17) is 14.2 Å². The van der Waals surface area contributed by atoms with Crippen molar-refractivity contribution >= 4 is 32.2 Å². The summed E-state index contributed by atoms with van der Waals surface area (Å²) in [6.45, 7) is 0.722. The van der Waals surface area contributed by atoms with E-state index in [1.54, 1.807) is 4.52 Å². The molecule has 0 radical (unpaired) electrons. The number of benzene rings is 2. The molecule has 0 amide bonds. The number of ether oxygens (including phenoxy) is 3. The number of rotatable bonds is 4. The molecule has 0 N–H and O–H groups in total. The summed E-state index contributed by atoms with van der Waals surface area (Å²) in [4.78, 5) is 0.696. The Hall–Kier alpha value is -2.65. The van der Waals surface area contributed by atoms with Gasteiger partial charge >= 0.3 is 0 Å². The molecule has 1 aliphatic heterocycles. The molecule has 1 aliphatic rings. The van der Waals surface area contributed by atoms with Crippen LogP contribution < -0.4 is 14.2 Å². The first kappa shape index (κ1) is 16.5. The van der Waals surface area contributed by atoms with Crippen LogP contribution in [0, 0.1) is 0 Å². The van der Waals surface area contributed by atoms with Crippen LogP contribution in [0.3, 0.4) is 0 Å². The first-order valence-electron chi connectivity index (χ1n) is 8.24. The van der Waals surface area contributed by atoms with E-state index in [-0.39, 0.29) is 6.10 Å². The lowest BCUT2D eigenvalue weighted by Gasteiger charge is -2.24. The van der Waals surface area contributed by atoms with E-state index < -0.39 is 0 Å². The number of para-hydroxylation sites is 2. The average molecular weight is 445 g/mol. The Bertz CT molecular complexity index is 1100. The highest BCUT2D eigenvalue weighted by Gasteiger charge is 2.28. The molecule has 0 bridgehead atoms. The molecule has 0 saturated heterocycles. The maximum Gasteiger partial charge on any atom is 0.234 e. The van der Waals surface area contributed by atoms with Gasteiger partial charge in [-0.3, -0.25) is 0 Å². The minimum absolute atomic E-state index is 0.361. The molecule has 1 atom stereocenters. The molecule has 0 spiro atoms. The fraction of sp³-hybridized carbons (Fsp3) is 0.167. The Labute approximate surface area is 166 Å². The largest absolute Gasteiger partial charge is 0.486 e. The molecule has 4 aromatic rings. The van der Waals surface area contributed by atoms with Crippen molar-refractivity contribution in [1.82, 2.24) is 19.8 Å². The fourth-order valence-corrected chi connectivity index (χ4v) is 3.77. The number of hydrogen-bond acceptors (Lipinski definition) is 7. The molecule has 9 heteroatoms. The average Bonchev–Trinajstić information content (AvgIpc) is 3.27.